The molecule has 0 N–H and O–H groups in total. The second-order valence-electron chi connectivity index (χ2n) is 4.19. The third-order valence-corrected chi connectivity index (χ3v) is 2.67. The second-order valence-corrected chi connectivity index (χ2v) is 4.19. The maximum Gasteiger partial charge on any atom is 0.270 e. The van der Waals surface area contributed by atoms with Crippen molar-refractivity contribution in [1.29, 1.82) is 0 Å². The Kier molecular flexibility index (Phi) is 4.66. The lowest BCUT2D eigenvalue weighted by Crippen LogP contribution is -1.89. The molecule has 0 bridgehead atoms. The summed E-state index contributed by atoms with van der Waals surface area (Å²) in [5.74, 6) is 0. The minimum absolute atomic E-state index is 0.00255. The Morgan fingerprint density at radius 1 is 0.773 bits per heavy atom. The normalized spacial score (nSPS) is 11.1. The van der Waals surface area contributed by atoms with E-state index >= 15 is 0 Å². The molecule has 0 aliphatic carbocycles. The number of nitro benzene ring substituents is 2. The summed E-state index contributed by atoms with van der Waals surface area (Å²) in [6.45, 7) is 0. The molecule has 0 heterocycles. The zero-order valence-corrected chi connectivity index (χ0v) is 11.2. The first-order valence-electron chi connectivity index (χ1n) is 6.11. The van der Waals surface area contributed by atoms with Gasteiger partial charge in [-0.05, 0) is 17.7 Å². The first kappa shape index (κ1) is 15.0. The van der Waals surface area contributed by atoms with E-state index in [2.05, 4.69) is 10.2 Å². The van der Waals surface area contributed by atoms with Crippen LogP contribution in [0.1, 0.15) is 11.1 Å². The summed E-state index contributed by atoms with van der Waals surface area (Å²) >= 11 is 0. The summed E-state index contributed by atoms with van der Waals surface area (Å²) in [6.07, 6.45) is 2.81. The van der Waals surface area contributed by atoms with Crippen LogP contribution in [0.5, 0.6) is 0 Å². The van der Waals surface area contributed by atoms with Gasteiger partial charge in [-0.25, -0.2) is 0 Å². The molecule has 0 radical (unpaired) electrons. The Bertz CT molecular complexity index is 754. The fourth-order valence-electron chi connectivity index (χ4n) is 1.60. The van der Waals surface area contributed by atoms with Crippen molar-refractivity contribution in [2.75, 3.05) is 0 Å². The van der Waals surface area contributed by atoms with E-state index in [0.717, 1.165) is 0 Å². The van der Waals surface area contributed by atoms with Crippen LogP contribution in [-0.4, -0.2) is 22.3 Å². The molecule has 0 aromatic heterocycles. The highest BCUT2D eigenvalue weighted by Crippen LogP contribution is 2.12. The lowest BCUT2D eigenvalue weighted by Gasteiger charge is -1.93. The second kappa shape index (κ2) is 6.84. The van der Waals surface area contributed by atoms with E-state index in [-0.39, 0.29) is 11.4 Å². The van der Waals surface area contributed by atoms with Gasteiger partial charge >= 0.3 is 0 Å². The Hall–Kier alpha value is -3.42. The highest BCUT2D eigenvalue weighted by atomic mass is 16.6. The first-order chi connectivity index (χ1) is 10.6. The molecule has 0 aliphatic heterocycles. The van der Waals surface area contributed by atoms with Gasteiger partial charge in [0.05, 0.1) is 22.3 Å². The van der Waals surface area contributed by atoms with Gasteiger partial charge in [-0.3, -0.25) is 20.2 Å². The number of rotatable bonds is 5. The average Bonchev–Trinajstić information content (AvgIpc) is 2.52. The van der Waals surface area contributed by atoms with Crippen molar-refractivity contribution in [2.45, 2.75) is 0 Å². The molecule has 110 valence electrons. The van der Waals surface area contributed by atoms with E-state index in [1.54, 1.807) is 24.3 Å². The fourth-order valence-corrected chi connectivity index (χ4v) is 1.60. The minimum Gasteiger partial charge on any atom is -0.258 e. The summed E-state index contributed by atoms with van der Waals surface area (Å²) in [7, 11) is 0. The lowest BCUT2D eigenvalue weighted by molar-refractivity contribution is -0.385. The van der Waals surface area contributed by atoms with E-state index in [4.69, 9.17) is 0 Å². The third-order valence-electron chi connectivity index (χ3n) is 2.67. The van der Waals surface area contributed by atoms with Gasteiger partial charge in [0, 0.05) is 29.8 Å². The van der Waals surface area contributed by atoms with Gasteiger partial charge in [0.25, 0.3) is 11.4 Å². The van der Waals surface area contributed by atoms with Crippen LogP contribution in [0.3, 0.4) is 0 Å². The Balaban J connectivity index is 2.03. The molecule has 0 aliphatic rings. The van der Waals surface area contributed by atoms with Crippen LogP contribution in [0.2, 0.25) is 0 Å². The Morgan fingerprint density at radius 3 is 1.95 bits per heavy atom. The molecule has 0 atom stereocenters. The molecule has 0 fully saturated rings. The number of benzene rings is 2. The minimum atomic E-state index is -0.489. The molecule has 2 aromatic rings. The molecule has 0 spiro atoms. The van der Waals surface area contributed by atoms with Crippen LogP contribution in [0.15, 0.2) is 58.7 Å². The molecule has 0 amide bonds. The summed E-state index contributed by atoms with van der Waals surface area (Å²) in [5.41, 5.74) is 1.18. The molecule has 0 saturated heterocycles. The predicted octanol–water partition coefficient (Wildman–Crippen LogP) is 2.96. The van der Waals surface area contributed by atoms with Crippen molar-refractivity contribution in [3.63, 3.8) is 0 Å². The highest BCUT2D eigenvalue weighted by Gasteiger charge is 2.04. The Labute approximate surface area is 124 Å². The number of nitrogens with zero attached hydrogens (tertiary/aromatic N) is 4. The number of hydrogen-bond donors (Lipinski definition) is 0. The summed E-state index contributed by atoms with van der Waals surface area (Å²) in [5, 5.41) is 28.7. The van der Waals surface area contributed by atoms with E-state index in [9.17, 15) is 20.2 Å². The molecule has 0 saturated carbocycles. The van der Waals surface area contributed by atoms with Crippen molar-refractivity contribution >= 4 is 23.8 Å². The van der Waals surface area contributed by atoms with Gasteiger partial charge in [0.1, 0.15) is 0 Å². The van der Waals surface area contributed by atoms with Crippen molar-refractivity contribution in [3.8, 4) is 0 Å². The molecule has 22 heavy (non-hydrogen) atoms. The van der Waals surface area contributed by atoms with Crippen LogP contribution in [-0.2, 0) is 0 Å². The van der Waals surface area contributed by atoms with Gasteiger partial charge in [0.2, 0.25) is 0 Å². The molecular weight excluding hydrogens is 288 g/mol. The Morgan fingerprint density at radius 2 is 1.36 bits per heavy atom. The maximum absolute atomic E-state index is 10.6. The van der Waals surface area contributed by atoms with Crippen molar-refractivity contribution in [3.05, 3.63) is 79.9 Å². The van der Waals surface area contributed by atoms with Crippen LogP contribution in [0, 0.1) is 20.2 Å². The summed E-state index contributed by atoms with van der Waals surface area (Å²) < 4.78 is 0. The molecular formula is C14H10N4O4. The van der Waals surface area contributed by atoms with Crippen LogP contribution in [0.4, 0.5) is 11.4 Å². The van der Waals surface area contributed by atoms with Crippen molar-refractivity contribution in [2.24, 2.45) is 10.2 Å². The van der Waals surface area contributed by atoms with Gasteiger partial charge < -0.3 is 0 Å². The molecule has 2 aromatic carbocycles. The van der Waals surface area contributed by atoms with Gasteiger partial charge in [-0.1, -0.05) is 12.1 Å². The lowest BCUT2D eigenvalue weighted by atomic mass is 10.2. The van der Waals surface area contributed by atoms with Gasteiger partial charge in [-0.2, -0.15) is 10.2 Å². The number of non-ortho nitro benzene ring substituents is 2. The van der Waals surface area contributed by atoms with E-state index in [1.165, 1.54) is 36.7 Å². The van der Waals surface area contributed by atoms with Crippen molar-refractivity contribution in [1.82, 2.24) is 0 Å². The highest BCUT2D eigenvalue weighted by molar-refractivity contribution is 5.83. The van der Waals surface area contributed by atoms with Gasteiger partial charge in [-0.15, -0.1) is 0 Å². The topological polar surface area (TPSA) is 111 Å². The monoisotopic (exact) mass is 298 g/mol. The SMILES string of the molecule is O=[N+]([O-])c1ccc(/C=N/N=C/c2cccc([N+](=O)[O-])c2)cc1. The van der Waals surface area contributed by atoms with E-state index in [0.29, 0.717) is 11.1 Å². The standard InChI is InChI=1S/C14H10N4O4/c19-17(20)13-6-4-11(5-7-13)9-15-16-10-12-2-1-3-14(8-12)18(21)22/h1-10H/b15-9+,16-10+. The molecule has 8 nitrogen and oxygen atoms in total. The van der Waals surface area contributed by atoms with Crippen LogP contribution in [0.25, 0.3) is 0 Å². The quantitative estimate of drug-likeness (QED) is 0.480. The van der Waals surface area contributed by atoms with Crippen LogP contribution < -0.4 is 0 Å². The zero-order chi connectivity index (χ0) is 15.9. The smallest absolute Gasteiger partial charge is 0.258 e. The molecule has 0 unspecified atom stereocenters. The van der Waals surface area contributed by atoms with E-state index in [1.807, 2.05) is 0 Å². The third kappa shape index (κ3) is 4.04. The number of hydrogen-bond acceptors (Lipinski definition) is 6. The van der Waals surface area contributed by atoms with Crippen LogP contribution >= 0.6 is 0 Å². The zero-order valence-electron chi connectivity index (χ0n) is 11.2. The van der Waals surface area contributed by atoms with E-state index < -0.39 is 9.85 Å². The fraction of sp³-hybridized carbons (Fsp3) is 0. The van der Waals surface area contributed by atoms with Crippen molar-refractivity contribution < 1.29 is 9.85 Å². The summed E-state index contributed by atoms with van der Waals surface area (Å²) in [4.78, 5) is 20.2. The largest absolute Gasteiger partial charge is 0.270 e. The number of nitro groups is 2. The predicted molar refractivity (Wildman–Crippen MR) is 81.4 cm³/mol. The molecule has 8 heteroatoms. The summed E-state index contributed by atoms with van der Waals surface area (Å²) in [6, 6.07) is 11.8. The van der Waals surface area contributed by atoms with Gasteiger partial charge in [0.15, 0.2) is 0 Å². The first-order valence-corrected chi connectivity index (χ1v) is 6.11. The maximum atomic E-state index is 10.6. The average molecular weight is 298 g/mol. The molecule has 2 rings (SSSR count).